The van der Waals surface area contributed by atoms with Crippen molar-refractivity contribution in [3.8, 4) is 0 Å². The third kappa shape index (κ3) is 5.30. The summed E-state index contributed by atoms with van der Waals surface area (Å²) in [5.41, 5.74) is 3.60. The number of hydrogen-bond donors (Lipinski definition) is 1. The van der Waals surface area contributed by atoms with E-state index in [-0.39, 0.29) is 24.2 Å². The molecule has 160 valence electrons. The molecule has 0 radical (unpaired) electrons. The van der Waals surface area contributed by atoms with Gasteiger partial charge in [-0.25, -0.2) is 0 Å². The highest BCUT2D eigenvalue weighted by molar-refractivity contribution is 5.99. The van der Waals surface area contributed by atoms with Crippen LogP contribution in [0.5, 0.6) is 0 Å². The quantitative estimate of drug-likeness (QED) is 0.309. The number of ketones is 1. The average molecular weight is 425 g/mol. The largest absolute Gasteiger partial charge is 0.457 e. The van der Waals surface area contributed by atoms with Crippen LogP contribution in [0.2, 0.25) is 0 Å². The van der Waals surface area contributed by atoms with E-state index in [1.54, 1.807) is 24.3 Å². The standard InChI is InChI=1S/C21H19N3O7/c1-13-5-7-14(8-6-13)20(27)22-23-11-16(10-19(23)26)21(28)31-12-18(25)15-3-2-4-17(9-15)24(29)30/h2-9,16H,10-12H2,1H3,(H,22,27)/t16-/m1/s1. The van der Waals surface area contributed by atoms with Gasteiger partial charge in [-0.15, -0.1) is 0 Å². The lowest BCUT2D eigenvalue weighted by molar-refractivity contribution is -0.384. The lowest BCUT2D eigenvalue weighted by Crippen LogP contribution is -2.43. The number of rotatable bonds is 7. The number of amides is 2. The lowest BCUT2D eigenvalue weighted by atomic mass is 10.1. The maximum atomic E-state index is 12.3. The molecule has 0 bridgehead atoms. The minimum absolute atomic E-state index is 0.0384. The molecule has 1 heterocycles. The summed E-state index contributed by atoms with van der Waals surface area (Å²) in [6.45, 7) is 1.19. The van der Waals surface area contributed by atoms with E-state index in [1.807, 2.05) is 6.92 Å². The molecule has 0 spiro atoms. The maximum absolute atomic E-state index is 12.3. The van der Waals surface area contributed by atoms with Crippen LogP contribution in [0.3, 0.4) is 0 Å². The number of aryl methyl sites for hydroxylation is 1. The van der Waals surface area contributed by atoms with E-state index in [9.17, 15) is 29.3 Å². The first-order chi connectivity index (χ1) is 14.7. The number of nitro groups is 1. The fourth-order valence-electron chi connectivity index (χ4n) is 3.00. The van der Waals surface area contributed by atoms with Crippen molar-refractivity contribution in [3.63, 3.8) is 0 Å². The highest BCUT2D eigenvalue weighted by Crippen LogP contribution is 2.19. The summed E-state index contributed by atoms with van der Waals surface area (Å²) in [6, 6.07) is 11.8. The van der Waals surface area contributed by atoms with Crippen LogP contribution < -0.4 is 5.43 Å². The molecule has 1 aliphatic rings. The first-order valence-electron chi connectivity index (χ1n) is 9.37. The molecular weight excluding hydrogens is 406 g/mol. The third-order valence-electron chi connectivity index (χ3n) is 4.73. The average Bonchev–Trinajstić information content (AvgIpc) is 3.12. The fraction of sp³-hybridized carbons (Fsp3) is 0.238. The number of ether oxygens (including phenoxy) is 1. The zero-order chi connectivity index (χ0) is 22.5. The molecule has 10 heteroatoms. The van der Waals surface area contributed by atoms with Gasteiger partial charge in [0.25, 0.3) is 11.6 Å². The van der Waals surface area contributed by atoms with Crippen molar-refractivity contribution in [1.82, 2.24) is 10.4 Å². The molecule has 2 aromatic rings. The number of benzene rings is 2. The van der Waals surface area contributed by atoms with E-state index in [1.165, 1.54) is 18.2 Å². The second kappa shape index (κ2) is 9.16. The number of non-ortho nitro benzene ring substituents is 1. The van der Waals surface area contributed by atoms with Crippen LogP contribution in [0.4, 0.5) is 5.69 Å². The number of esters is 1. The number of Topliss-reactive ketones (excluding diaryl/α,β-unsaturated/α-hetero) is 1. The molecule has 0 unspecified atom stereocenters. The minimum Gasteiger partial charge on any atom is -0.457 e. The van der Waals surface area contributed by atoms with Gasteiger partial charge < -0.3 is 4.74 Å². The van der Waals surface area contributed by atoms with Crippen molar-refractivity contribution in [1.29, 1.82) is 0 Å². The van der Waals surface area contributed by atoms with Gasteiger partial charge >= 0.3 is 5.97 Å². The van der Waals surface area contributed by atoms with Gasteiger partial charge in [0.1, 0.15) is 0 Å². The van der Waals surface area contributed by atoms with Gasteiger partial charge in [-0.05, 0) is 19.1 Å². The highest BCUT2D eigenvalue weighted by Gasteiger charge is 2.36. The molecule has 2 aromatic carbocycles. The van der Waals surface area contributed by atoms with Crippen molar-refractivity contribution in [2.75, 3.05) is 13.2 Å². The SMILES string of the molecule is Cc1ccc(C(=O)NN2C[C@H](C(=O)OCC(=O)c3cccc([N+](=O)[O-])c3)CC2=O)cc1. The van der Waals surface area contributed by atoms with Crippen molar-refractivity contribution >= 4 is 29.3 Å². The summed E-state index contributed by atoms with van der Waals surface area (Å²) in [5, 5.41) is 11.9. The van der Waals surface area contributed by atoms with Crippen molar-refractivity contribution in [2.24, 2.45) is 5.92 Å². The molecule has 1 fully saturated rings. The van der Waals surface area contributed by atoms with Crippen LogP contribution in [0, 0.1) is 23.0 Å². The minimum atomic E-state index is -0.844. The normalized spacial score (nSPS) is 15.5. The van der Waals surface area contributed by atoms with Gasteiger partial charge in [0.2, 0.25) is 11.7 Å². The molecule has 1 aliphatic heterocycles. The molecule has 0 aliphatic carbocycles. The third-order valence-corrected chi connectivity index (χ3v) is 4.73. The predicted molar refractivity (Wildman–Crippen MR) is 107 cm³/mol. The van der Waals surface area contributed by atoms with E-state index in [2.05, 4.69) is 5.43 Å². The number of carbonyl (C=O) groups excluding carboxylic acids is 4. The van der Waals surface area contributed by atoms with Crippen LogP contribution in [-0.2, 0) is 14.3 Å². The van der Waals surface area contributed by atoms with Gasteiger partial charge in [-0.2, -0.15) is 0 Å². The lowest BCUT2D eigenvalue weighted by Gasteiger charge is -2.17. The first kappa shape index (κ1) is 21.6. The van der Waals surface area contributed by atoms with Crippen LogP contribution >= 0.6 is 0 Å². The summed E-state index contributed by atoms with van der Waals surface area (Å²) in [6.07, 6.45) is -0.169. The molecule has 1 N–H and O–H groups in total. The Morgan fingerprint density at radius 1 is 1.16 bits per heavy atom. The maximum Gasteiger partial charge on any atom is 0.311 e. The Morgan fingerprint density at radius 2 is 1.87 bits per heavy atom. The molecular formula is C21H19N3O7. The molecule has 1 atom stereocenters. The number of nitro benzene ring substituents is 1. The van der Waals surface area contributed by atoms with Crippen LogP contribution in [0.25, 0.3) is 0 Å². The molecule has 0 saturated carbocycles. The Bertz CT molecular complexity index is 1050. The Kier molecular flexibility index (Phi) is 6.39. The van der Waals surface area contributed by atoms with Crippen molar-refractivity contribution < 1.29 is 28.8 Å². The van der Waals surface area contributed by atoms with Gasteiger partial charge in [-0.1, -0.05) is 29.8 Å². The number of nitrogens with zero attached hydrogens (tertiary/aromatic N) is 2. The summed E-state index contributed by atoms with van der Waals surface area (Å²) in [4.78, 5) is 59.0. The van der Waals surface area contributed by atoms with Crippen LogP contribution in [0.15, 0.2) is 48.5 Å². The summed E-state index contributed by atoms with van der Waals surface area (Å²) in [5.74, 6) is -3.15. The monoisotopic (exact) mass is 425 g/mol. The zero-order valence-electron chi connectivity index (χ0n) is 16.6. The van der Waals surface area contributed by atoms with E-state index in [0.29, 0.717) is 5.56 Å². The predicted octanol–water partition coefficient (Wildman–Crippen LogP) is 1.82. The molecule has 31 heavy (non-hydrogen) atoms. The topological polar surface area (TPSA) is 136 Å². The fourth-order valence-corrected chi connectivity index (χ4v) is 3.00. The Morgan fingerprint density at radius 3 is 2.55 bits per heavy atom. The molecule has 10 nitrogen and oxygen atoms in total. The molecule has 1 saturated heterocycles. The van der Waals surface area contributed by atoms with Gasteiger partial charge in [0.15, 0.2) is 6.61 Å². The van der Waals surface area contributed by atoms with E-state index < -0.39 is 41.0 Å². The molecule has 3 rings (SSSR count). The van der Waals surface area contributed by atoms with E-state index in [0.717, 1.165) is 16.6 Å². The summed E-state index contributed by atoms with van der Waals surface area (Å²) < 4.78 is 4.99. The van der Waals surface area contributed by atoms with E-state index in [4.69, 9.17) is 4.74 Å². The van der Waals surface area contributed by atoms with Crippen molar-refractivity contribution in [2.45, 2.75) is 13.3 Å². The van der Waals surface area contributed by atoms with Gasteiger partial charge in [0, 0.05) is 29.7 Å². The zero-order valence-corrected chi connectivity index (χ0v) is 16.6. The second-order valence-corrected chi connectivity index (χ2v) is 7.05. The highest BCUT2D eigenvalue weighted by atomic mass is 16.6. The van der Waals surface area contributed by atoms with Gasteiger partial charge in [-0.3, -0.25) is 39.7 Å². The molecule has 0 aromatic heterocycles. The van der Waals surface area contributed by atoms with Crippen molar-refractivity contribution in [3.05, 3.63) is 75.3 Å². The number of carbonyl (C=O) groups is 4. The number of hydrogen-bond acceptors (Lipinski definition) is 7. The Balaban J connectivity index is 1.53. The number of nitrogens with one attached hydrogen (secondary N) is 1. The van der Waals surface area contributed by atoms with Crippen LogP contribution in [0.1, 0.15) is 32.7 Å². The smallest absolute Gasteiger partial charge is 0.311 e. The van der Waals surface area contributed by atoms with Crippen LogP contribution in [-0.4, -0.2) is 46.7 Å². The Hall–Kier alpha value is -4.08. The first-order valence-corrected chi connectivity index (χ1v) is 9.37. The Labute approximate surface area is 176 Å². The van der Waals surface area contributed by atoms with Gasteiger partial charge in [0.05, 0.1) is 17.4 Å². The number of hydrazine groups is 1. The summed E-state index contributed by atoms with van der Waals surface area (Å²) >= 11 is 0. The second-order valence-electron chi connectivity index (χ2n) is 7.05. The van der Waals surface area contributed by atoms with E-state index >= 15 is 0 Å². The molecule has 2 amide bonds. The summed E-state index contributed by atoms with van der Waals surface area (Å²) in [7, 11) is 0.